The average Bonchev–Trinajstić information content (AvgIpc) is 2.78. The molecule has 0 fully saturated rings. The van der Waals surface area contributed by atoms with Gasteiger partial charge in [-0.2, -0.15) is 0 Å². The molecule has 18 heavy (non-hydrogen) atoms. The smallest absolute Gasteiger partial charge is 0.173 e. The highest BCUT2D eigenvalue weighted by Gasteiger charge is 2.19. The van der Waals surface area contributed by atoms with Gasteiger partial charge in [-0.3, -0.25) is 0 Å². The first kappa shape index (κ1) is 13.0. The number of halogens is 1. The second kappa shape index (κ2) is 5.04. The third-order valence-electron chi connectivity index (χ3n) is 2.94. The molecule has 0 aliphatic rings. The lowest BCUT2D eigenvalue weighted by atomic mass is 9.98. The van der Waals surface area contributed by atoms with Gasteiger partial charge in [0.15, 0.2) is 11.6 Å². The number of hydrogen-bond donors (Lipinski definition) is 2. The second-order valence-electron chi connectivity index (χ2n) is 4.22. The van der Waals surface area contributed by atoms with Crippen molar-refractivity contribution < 1.29 is 14.6 Å². The van der Waals surface area contributed by atoms with Crippen molar-refractivity contribution in [2.24, 2.45) is 0 Å². The molecule has 0 amide bonds. The molecule has 2 rings (SSSR count). The van der Waals surface area contributed by atoms with Gasteiger partial charge in [0.1, 0.15) is 0 Å². The Hall–Kier alpha value is -1.46. The number of phenolic OH excluding ortho intramolecular Hbond substituents is 1. The molecule has 0 unspecified atom stereocenters. The predicted molar refractivity (Wildman–Crippen MR) is 69.4 cm³/mol. The van der Waals surface area contributed by atoms with Gasteiger partial charge in [-0.15, -0.1) is 11.3 Å². The van der Waals surface area contributed by atoms with Crippen LogP contribution in [0.2, 0.25) is 0 Å². The Balaban J connectivity index is 2.54. The number of aromatic hydroxyl groups is 1. The number of aliphatic hydroxyl groups is 1. The minimum absolute atomic E-state index is 0.133. The van der Waals surface area contributed by atoms with Crippen molar-refractivity contribution >= 4 is 11.3 Å². The number of hydrogen-bond acceptors (Lipinski definition) is 4. The fourth-order valence-corrected chi connectivity index (χ4v) is 2.64. The molecule has 1 atom stereocenters. The molecule has 1 aromatic carbocycles. The van der Waals surface area contributed by atoms with E-state index in [1.807, 2.05) is 0 Å². The van der Waals surface area contributed by atoms with E-state index in [1.165, 1.54) is 11.3 Å². The maximum atomic E-state index is 14.1. The third kappa shape index (κ3) is 2.11. The molecule has 1 aromatic heterocycles. The molecule has 0 spiro atoms. The Morgan fingerprint density at radius 3 is 2.72 bits per heavy atom. The quantitative estimate of drug-likeness (QED) is 0.898. The second-order valence-corrected chi connectivity index (χ2v) is 5.07. The summed E-state index contributed by atoms with van der Waals surface area (Å²) in [7, 11) is 0. The zero-order valence-corrected chi connectivity index (χ0v) is 11.0. The molecule has 0 saturated carbocycles. The van der Waals surface area contributed by atoms with Gasteiger partial charge in [-0.25, -0.2) is 9.37 Å². The van der Waals surface area contributed by atoms with Crippen molar-refractivity contribution in [1.29, 1.82) is 0 Å². The van der Waals surface area contributed by atoms with Crippen LogP contribution in [-0.4, -0.2) is 21.8 Å². The average molecular weight is 267 g/mol. The molecule has 2 N–H and O–H groups in total. The first-order valence-corrected chi connectivity index (χ1v) is 6.47. The summed E-state index contributed by atoms with van der Waals surface area (Å²) >= 11 is 1.33. The maximum absolute atomic E-state index is 14.1. The van der Waals surface area contributed by atoms with Crippen LogP contribution >= 0.6 is 11.3 Å². The summed E-state index contributed by atoms with van der Waals surface area (Å²) in [5.74, 6) is -1.34. The molecule has 0 aliphatic carbocycles. The number of phenols is 1. The summed E-state index contributed by atoms with van der Waals surface area (Å²) in [6.45, 7) is 3.39. The number of rotatable bonds is 3. The van der Waals surface area contributed by atoms with E-state index in [-0.39, 0.29) is 18.3 Å². The van der Waals surface area contributed by atoms with Crippen molar-refractivity contribution in [1.82, 2.24) is 4.98 Å². The first-order chi connectivity index (χ1) is 8.56. The van der Waals surface area contributed by atoms with Crippen molar-refractivity contribution in [2.75, 3.05) is 6.61 Å². The van der Waals surface area contributed by atoms with E-state index in [4.69, 9.17) is 5.11 Å². The molecule has 3 nitrogen and oxygen atoms in total. The SMILES string of the molecule is Cc1ncsc1-c1ccc([C@@H](C)CO)c(O)c1F. The van der Waals surface area contributed by atoms with Crippen LogP contribution in [-0.2, 0) is 0 Å². The molecule has 5 heteroatoms. The Kier molecular flexibility index (Phi) is 3.63. The van der Waals surface area contributed by atoms with Crippen molar-refractivity contribution in [3.63, 3.8) is 0 Å². The standard InChI is InChI=1S/C13H14FNO2S/c1-7(5-16)9-3-4-10(11(14)12(9)17)13-8(2)15-6-18-13/h3-4,6-7,16-17H,5H2,1-2H3/t7-/m0/s1. The van der Waals surface area contributed by atoms with Crippen molar-refractivity contribution in [3.05, 3.63) is 34.7 Å². The van der Waals surface area contributed by atoms with Crippen LogP contribution < -0.4 is 0 Å². The zero-order chi connectivity index (χ0) is 13.3. The van der Waals surface area contributed by atoms with Gasteiger partial charge in [-0.1, -0.05) is 13.0 Å². The summed E-state index contributed by atoms with van der Waals surface area (Å²) in [5.41, 5.74) is 3.15. The van der Waals surface area contributed by atoms with Gasteiger partial charge in [0.05, 0.1) is 16.1 Å². The summed E-state index contributed by atoms with van der Waals surface area (Å²) in [6, 6.07) is 3.27. The van der Waals surface area contributed by atoms with Gasteiger partial charge < -0.3 is 10.2 Å². The van der Waals surface area contributed by atoms with Crippen LogP contribution in [0.4, 0.5) is 4.39 Å². The highest BCUT2D eigenvalue weighted by molar-refractivity contribution is 7.13. The molecule has 1 heterocycles. The molecule has 2 aromatic rings. The molecule has 0 bridgehead atoms. The van der Waals surface area contributed by atoms with Gasteiger partial charge in [0, 0.05) is 23.7 Å². The summed E-state index contributed by atoms with van der Waals surface area (Å²) in [4.78, 5) is 4.78. The molecule has 96 valence electrons. The third-order valence-corrected chi connectivity index (χ3v) is 3.90. The summed E-state index contributed by atoms with van der Waals surface area (Å²) in [5, 5.41) is 18.9. The summed E-state index contributed by atoms with van der Waals surface area (Å²) in [6.07, 6.45) is 0. The van der Waals surface area contributed by atoms with E-state index in [2.05, 4.69) is 4.98 Å². The van der Waals surface area contributed by atoms with Gasteiger partial charge in [-0.05, 0) is 13.0 Å². The normalized spacial score (nSPS) is 12.7. The molecule has 0 aliphatic heterocycles. The van der Waals surface area contributed by atoms with Gasteiger partial charge in [0.2, 0.25) is 0 Å². The number of nitrogens with zero attached hydrogens (tertiary/aromatic N) is 1. The number of aromatic nitrogens is 1. The lowest BCUT2D eigenvalue weighted by Gasteiger charge is -2.13. The highest BCUT2D eigenvalue weighted by Crippen LogP contribution is 2.37. The van der Waals surface area contributed by atoms with E-state index >= 15 is 0 Å². The van der Waals surface area contributed by atoms with Crippen LogP contribution in [0.1, 0.15) is 24.1 Å². The summed E-state index contributed by atoms with van der Waals surface area (Å²) < 4.78 is 14.1. The van der Waals surface area contributed by atoms with Gasteiger partial charge in [0.25, 0.3) is 0 Å². The minimum atomic E-state index is -0.653. The Bertz CT molecular complexity index is 568. The van der Waals surface area contributed by atoms with Crippen LogP contribution in [0.25, 0.3) is 10.4 Å². The zero-order valence-electron chi connectivity index (χ0n) is 10.1. The first-order valence-electron chi connectivity index (χ1n) is 5.59. The Morgan fingerprint density at radius 1 is 1.44 bits per heavy atom. The van der Waals surface area contributed by atoms with Crippen molar-refractivity contribution in [2.45, 2.75) is 19.8 Å². The van der Waals surface area contributed by atoms with E-state index < -0.39 is 5.82 Å². The van der Waals surface area contributed by atoms with E-state index in [1.54, 1.807) is 31.5 Å². The molecular formula is C13H14FNO2S. The molecule has 0 radical (unpaired) electrons. The van der Waals surface area contributed by atoms with Crippen LogP contribution in [0.15, 0.2) is 17.6 Å². The lowest BCUT2D eigenvalue weighted by molar-refractivity contribution is 0.269. The maximum Gasteiger partial charge on any atom is 0.173 e. The van der Waals surface area contributed by atoms with Crippen LogP contribution in [0, 0.1) is 12.7 Å². The fraction of sp³-hybridized carbons (Fsp3) is 0.308. The van der Waals surface area contributed by atoms with Crippen LogP contribution in [0.3, 0.4) is 0 Å². The highest BCUT2D eigenvalue weighted by atomic mass is 32.1. The number of aliphatic hydroxyl groups excluding tert-OH is 1. The largest absolute Gasteiger partial charge is 0.505 e. The van der Waals surface area contributed by atoms with E-state index in [0.717, 1.165) is 5.69 Å². The molecule has 0 saturated heterocycles. The topological polar surface area (TPSA) is 53.4 Å². The lowest BCUT2D eigenvalue weighted by Crippen LogP contribution is -2.01. The van der Waals surface area contributed by atoms with Gasteiger partial charge >= 0.3 is 0 Å². The molecular weight excluding hydrogens is 253 g/mol. The van der Waals surface area contributed by atoms with E-state index in [9.17, 15) is 9.50 Å². The van der Waals surface area contributed by atoms with E-state index in [0.29, 0.717) is 16.0 Å². The number of thiazole rings is 1. The van der Waals surface area contributed by atoms with Crippen molar-refractivity contribution in [3.8, 4) is 16.2 Å². The number of aryl methyl sites for hydroxylation is 1. The predicted octanol–water partition coefficient (Wildman–Crippen LogP) is 3.06. The van der Waals surface area contributed by atoms with Crippen LogP contribution in [0.5, 0.6) is 5.75 Å². The minimum Gasteiger partial charge on any atom is -0.505 e. The Morgan fingerprint density at radius 2 is 2.17 bits per heavy atom. The number of benzene rings is 1. The fourth-order valence-electron chi connectivity index (χ4n) is 1.81. The Labute approximate surface area is 109 Å². The monoisotopic (exact) mass is 267 g/mol.